The summed E-state index contributed by atoms with van der Waals surface area (Å²) in [5.74, 6) is -0.0382. The Morgan fingerprint density at radius 3 is 3.27 bits per heavy atom. The third kappa shape index (κ3) is 2.15. The van der Waals surface area contributed by atoms with Crippen LogP contribution in [0.15, 0.2) is 6.20 Å². The maximum absolute atomic E-state index is 11.9. The second-order valence-corrected chi connectivity index (χ2v) is 3.73. The second kappa shape index (κ2) is 4.39. The number of nitrogens with one attached hydrogen (secondary N) is 2. The molecule has 0 radical (unpaired) electrons. The van der Waals surface area contributed by atoms with E-state index in [-0.39, 0.29) is 5.91 Å². The fourth-order valence-corrected chi connectivity index (χ4v) is 1.86. The zero-order chi connectivity index (χ0) is 10.7. The van der Waals surface area contributed by atoms with Crippen molar-refractivity contribution in [1.29, 1.82) is 0 Å². The zero-order valence-corrected chi connectivity index (χ0v) is 8.73. The van der Waals surface area contributed by atoms with E-state index in [0.29, 0.717) is 11.7 Å². The quantitative estimate of drug-likeness (QED) is 0.697. The molecule has 1 saturated heterocycles. The van der Waals surface area contributed by atoms with Crippen LogP contribution in [-0.2, 0) is 0 Å². The van der Waals surface area contributed by atoms with E-state index in [1.54, 1.807) is 0 Å². The fraction of sp³-hybridized carbons (Fsp3) is 0.667. The van der Waals surface area contributed by atoms with Crippen LogP contribution >= 0.6 is 0 Å². The number of carbonyl (C=O) groups excluding carboxylic acids is 1. The molecule has 0 aromatic carbocycles. The third-order valence-electron chi connectivity index (χ3n) is 2.75. The molecule has 1 atom stereocenters. The minimum Gasteiger partial charge on any atom is -0.336 e. The third-order valence-corrected chi connectivity index (χ3v) is 2.75. The topological polar surface area (TPSA) is 73.9 Å². The number of carbonyl (C=O) groups is 1. The molecule has 1 aliphatic heterocycles. The summed E-state index contributed by atoms with van der Waals surface area (Å²) in [7, 11) is 1.93. The van der Waals surface area contributed by atoms with Crippen molar-refractivity contribution in [2.24, 2.45) is 0 Å². The summed E-state index contributed by atoms with van der Waals surface area (Å²) >= 11 is 0. The molecule has 0 bridgehead atoms. The van der Waals surface area contributed by atoms with Crippen LogP contribution in [0.1, 0.15) is 23.3 Å². The van der Waals surface area contributed by atoms with Crippen LogP contribution in [0.5, 0.6) is 0 Å². The average molecular weight is 209 g/mol. The summed E-state index contributed by atoms with van der Waals surface area (Å²) in [6.45, 7) is 1.56. The van der Waals surface area contributed by atoms with Gasteiger partial charge in [-0.25, -0.2) is 0 Å². The van der Waals surface area contributed by atoms with Gasteiger partial charge in [-0.1, -0.05) is 0 Å². The van der Waals surface area contributed by atoms with Crippen molar-refractivity contribution >= 4 is 5.91 Å². The first-order valence-electron chi connectivity index (χ1n) is 5.13. The summed E-state index contributed by atoms with van der Waals surface area (Å²) in [5, 5.41) is 13.1. The van der Waals surface area contributed by atoms with Gasteiger partial charge in [0, 0.05) is 19.1 Å². The van der Waals surface area contributed by atoms with Crippen molar-refractivity contribution in [3.63, 3.8) is 0 Å². The number of hydrogen-bond donors (Lipinski definition) is 2. The second-order valence-electron chi connectivity index (χ2n) is 3.73. The van der Waals surface area contributed by atoms with Gasteiger partial charge >= 0.3 is 0 Å². The number of hydrogen-bond acceptors (Lipinski definition) is 4. The van der Waals surface area contributed by atoms with Gasteiger partial charge in [0.15, 0.2) is 5.69 Å². The molecular weight excluding hydrogens is 194 g/mol. The largest absolute Gasteiger partial charge is 0.336 e. The fourth-order valence-electron chi connectivity index (χ4n) is 1.86. The van der Waals surface area contributed by atoms with Gasteiger partial charge < -0.3 is 10.2 Å². The van der Waals surface area contributed by atoms with Gasteiger partial charge in [0.2, 0.25) is 0 Å². The van der Waals surface area contributed by atoms with Gasteiger partial charge in [0.25, 0.3) is 5.91 Å². The highest BCUT2D eigenvalue weighted by molar-refractivity contribution is 5.91. The lowest BCUT2D eigenvalue weighted by molar-refractivity contribution is 0.0692. The highest BCUT2D eigenvalue weighted by atomic mass is 16.2. The molecule has 1 fully saturated rings. The maximum Gasteiger partial charge on any atom is 0.276 e. The minimum absolute atomic E-state index is 0.0382. The molecular formula is C9H15N5O. The Bertz CT molecular complexity index is 323. The molecule has 0 aliphatic carbocycles. The van der Waals surface area contributed by atoms with Crippen LogP contribution in [-0.4, -0.2) is 52.4 Å². The molecule has 6 heteroatoms. The summed E-state index contributed by atoms with van der Waals surface area (Å²) in [5.41, 5.74) is 0.395. The Morgan fingerprint density at radius 2 is 2.60 bits per heavy atom. The van der Waals surface area contributed by atoms with Crippen molar-refractivity contribution in [3.05, 3.63) is 11.9 Å². The summed E-state index contributed by atoms with van der Waals surface area (Å²) in [6, 6.07) is 0.398. The number of nitrogens with zero attached hydrogens (tertiary/aromatic N) is 3. The molecule has 2 heterocycles. The predicted molar refractivity (Wildman–Crippen MR) is 54.4 cm³/mol. The normalized spacial score (nSPS) is 21.7. The smallest absolute Gasteiger partial charge is 0.276 e. The molecule has 1 aromatic heterocycles. The lowest BCUT2D eigenvalue weighted by atomic mass is 10.1. The summed E-state index contributed by atoms with van der Waals surface area (Å²) < 4.78 is 0. The molecule has 1 unspecified atom stereocenters. The van der Waals surface area contributed by atoms with E-state index in [2.05, 4.69) is 20.7 Å². The molecule has 0 saturated carbocycles. The first-order valence-corrected chi connectivity index (χ1v) is 5.13. The Balaban J connectivity index is 2.01. The highest BCUT2D eigenvalue weighted by Gasteiger charge is 2.24. The number of piperidine rings is 1. The van der Waals surface area contributed by atoms with E-state index in [9.17, 15) is 4.79 Å². The molecule has 6 nitrogen and oxygen atoms in total. The van der Waals surface area contributed by atoms with Crippen molar-refractivity contribution < 1.29 is 4.79 Å². The monoisotopic (exact) mass is 209 g/mol. The maximum atomic E-state index is 11.9. The molecule has 2 rings (SSSR count). The number of H-pyrrole nitrogens is 1. The molecule has 0 spiro atoms. The molecule has 2 N–H and O–H groups in total. The molecule has 15 heavy (non-hydrogen) atoms. The van der Waals surface area contributed by atoms with Crippen LogP contribution in [0.25, 0.3) is 0 Å². The predicted octanol–water partition coefficient (Wildman–Crippen LogP) is -0.371. The van der Waals surface area contributed by atoms with Crippen LogP contribution in [0.4, 0.5) is 0 Å². The number of aromatic amines is 1. The number of likely N-dealkylation sites (N-methyl/N-ethyl adjacent to an activating group) is 1. The number of aromatic nitrogens is 3. The first kappa shape index (κ1) is 10.1. The lowest BCUT2D eigenvalue weighted by Gasteiger charge is -2.31. The van der Waals surface area contributed by atoms with Crippen LogP contribution < -0.4 is 5.32 Å². The molecule has 1 aliphatic rings. The van der Waals surface area contributed by atoms with Crippen LogP contribution in [0, 0.1) is 0 Å². The van der Waals surface area contributed by atoms with Crippen molar-refractivity contribution in [2.45, 2.75) is 18.9 Å². The lowest BCUT2D eigenvalue weighted by Crippen LogP contribution is -2.47. The summed E-state index contributed by atoms with van der Waals surface area (Å²) in [4.78, 5) is 13.7. The average Bonchev–Trinajstić information content (AvgIpc) is 2.81. The van der Waals surface area contributed by atoms with Crippen LogP contribution in [0.2, 0.25) is 0 Å². The number of likely N-dealkylation sites (tertiary alicyclic amines) is 1. The SMILES string of the molecule is CNC1CCCN(C(=O)c2cn[nH]n2)C1. The van der Waals surface area contributed by atoms with Gasteiger partial charge in [-0.05, 0) is 19.9 Å². The highest BCUT2D eigenvalue weighted by Crippen LogP contribution is 2.11. The Hall–Kier alpha value is -1.43. The standard InChI is InChI=1S/C9H15N5O/c1-10-7-3-2-4-14(6-7)9(15)8-5-11-13-12-8/h5,7,10H,2-4,6H2,1H3,(H,11,12,13). The van der Waals surface area contributed by atoms with E-state index in [4.69, 9.17) is 0 Å². The molecule has 82 valence electrons. The van der Waals surface area contributed by atoms with Gasteiger partial charge in [0.05, 0.1) is 6.20 Å². The van der Waals surface area contributed by atoms with E-state index in [1.165, 1.54) is 6.20 Å². The van der Waals surface area contributed by atoms with Crippen molar-refractivity contribution in [1.82, 2.24) is 25.6 Å². The van der Waals surface area contributed by atoms with E-state index in [0.717, 1.165) is 25.9 Å². The Morgan fingerprint density at radius 1 is 1.73 bits per heavy atom. The summed E-state index contributed by atoms with van der Waals surface area (Å²) in [6.07, 6.45) is 3.62. The van der Waals surface area contributed by atoms with E-state index >= 15 is 0 Å². The Kier molecular flexibility index (Phi) is 2.96. The van der Waals surface area contributed by atoms with E-state index < -0.39 is 0 Å². The van der Waals surface area contributed by atoms with E-state index in [1.807, 2.05) is 11.9 Å². The zero-order valence-electron chi connectivity index (χ0n) is 8.73. The van der Waals surface area contributed by atoms with Gasteiger partial charge in [-0.15, -0.1) is 0 Å². The minimum atomic E-state index is -0.0382. The number of rotatable bonds is 2. The van der Waals surface area contributed by atoms with Gasteiger partial charge in [-0.3, -0.25) is 4.79 Å². The first-order chi connectivity index (χ1) is 7.31. The molecule has 1 amide bonds. The van der Waals surface area contributed by atoms with Crippen LogP contribution in [0.3, 0.4) is 0 Å². The molecule has 1 aromatic rings. The Labute approximate surface area is 88.0 Å². The van der Waals surface area contributed by atoms with Crippen molar-refractivity contribution in [2.75, 3.05) is 20.1 Å². The number of amides is 1. The van der Waals surface area contributed by atoms with Crippen molar-refractivity contribution in [3.8, 4) is 0 Å². The van der Waals surface area contributed by atoms with Gasteiger partial charge in [-0.2, -0.15) is 15.4 Å². The van der Waals surface area contributed by atoms with Gasteiger partial charge in [0.1, 0.15) is 0 Å².